The molecule has 1 N–H and O–H groups in total. The fourth-order valence-corrected chi connectivity index (χ4v) is 1.56. The van der Waals surface area contributed by atoms with Crippen LogP contribution >= 0.6 is 0 Å². The zero-order valence-electron chi connectivity index (χ0n) is 10.0. The lowest BCUT2D eigenvalue weighted by molar-refractivity contribution is 1.09. The summed E-state index contributed by atoms with van der Waals surface area (Å²) < 4.78 is 0. The highest BCUT2D eigenvalue weighted by molar-refractivity contribution is 5.55. The van der Waals surface area contributed by atoms with E-state index < -0.39 is 0 Å². The molecule has 2 aromatic rings. The second-order valence-corrected chi connectivity index (χ2v) is 3.75. The van der Waals surface area contributed by atoms with Gasteiger partial charge in [0.25, 0.3) is 0 Å². The molecular weight excluding hydrogens is 210 g/mol. The quantitative estimate of drug-likeness (QED) is 0.867. The molecule has 0 fully saturated rings. The molecule has 3 heteroatoms. The van der Waals surface area contributed by atoms with Crippen molar-refractivity contribution in [2.24, 2.45) is 0 Å². The van der Waals surface area contributed by atoms with Crippen LogP contribution in [0.3, 0.4) is 0 Å². The molecule has 0 atom stereocenters. The van der Waals surface area contributed by atoms with Crippen molar-refractivity contribution >= 4 is 17.7 Å². The van der Waals surface area contributed by atoms with Crippen molar-refractivity contribution in [1.82, 2.24) is 9.97 Å². The van der Waals surface area contributed by atoms with Crippen molar-refractivity contribution in [3.8, 4) is 0 Å². The first-order valence-electron chi connectivity index (χ1n) is 5.58. The van der Waals surface area contributed by atoms with E-state index in [0.29, 0.717) is 5.95 Å². The highest BCUT2D eigenvalue weighted by Crippen LogP contribution is 2.13. The van der Waals surface area contributed by atoms with E-state index in [0.717, 1.165) is 17.1 Å². The second kappa shape index (κ2) is 5.25. The van der Waals surface area contributed by atoms with Crippen LogP contribution in [-0.2, 0) is 0 Å². The first-order valence-corrected chi connectivity index (χ1v) is 5.58. The van der Waals surface area contributed by atoms with Gasteiger partial charge in [-0.05, 0) is 38.1 Å². The maximum absolute atomic E-state index is 4.41. The number of anilines is 2. The Balaban J connectivity index is 2.27. The van der Waals surface area contributed by atoms with Crippen LogP contribution in [0, 0.1) is 6.92 Å². The number of hydrogen-bond acceptors (Lipinski definition) is 3. The number of nitrogens with zero attached hydrogens (tertiary/aromatic N) is 2. The number of aryl methyl sites for hydroxylation is 1. The van der Waals surface area contributed by atoms with E-state index in [1.165, 1.54) is 0 Å². The zero-order valence-corrected chi connectivity index (χ0v) is 10.0. The molecule has 1 aromatic heterocycles. The topological polar surface area (TPSA) is 37.8 Å². The third kappa shape index (κ3) is 3.14. The molecule has 1 aromatic carbocycles. The van der Waals surface area contributed by atoms with Gasteiger partial charge in [0.05, 0.1) is 5.69 Å². The van der Waals surface area contributed by atoms with Crippen molar-refractivity contribution in [2.45, 2.75) is 13.8 Å². The van der Waals surface area contributed by atoms with Gasteiger partial charge in [-0.2, -0.15) is 0 Å². The number of para-hydroxylation sites is 1. The van der Waals surface area contributed by atoms with Crippen LogP contribution in [0.25, 0.3) is 6.08 Å². The molecular formula is C14H15N3. The molecule has 0 unspecified atom stereocenters. The summed E-state index contributed by atoms with van der Waals surface area (Å²) in [6.07, 6.45) is 3.93. The van der Waals surface area contributed by atoms with Gasteiger partial charge in [-0.25, -0.2) is 9.97 Å². The Morgan fingerprint density at radius 3 is 2.59 bits per heavy atom. The van der Waals surface area contributed by atoms with Gasteiger partial charge in [-0.3, -0.25) is 0 Å². The number of hydrogen-bond donors (Lipinski definition) is 1. The van der Waals surface area contributed by atoms with Crippen LogP contribution in [-0.4, -0.2) is 9.97 Å². The van der Waals surface area contributed by atoms with E-state index in [9.17, 15) is 0 Å². The smallest absolute Gasteiger partial charge is 0.227 e. The summed E-state index contributed by atoms with van der Waals surface area (Å²) in [7, 11) is 0. The van der Waals surface area contributed by atoms with E-state index in [1.807, 2.05) is 62.4 Å². The fraction of sp³-hybridized carbons (Fsp3) is 0.143. The molecule has 86 valence electrons. The molecule has 0 saturated carbocycles. The van der Waals surface area contributed by atoms with Crippen LogP contribution in [0.2, 0.25) is 0 Å². The van der Waals surface area contributed by atoms with Crippen molar-refractivity contribution in [3.63, 3.8) is 0 Å². The maximum Gasteiger partial charge on any atom is 0.227 e. The summed E-state index contributed by atoms with van der Waals surface area (Å²) in [5, 5.41) is 3.19. The number of rotatable bonds is 3. The molecule has 0 saturated heterocycles. The predicted molar refractivity (Wildman–Crippen MR) is 71.2 cm³/mol. The van der Waals surface area contributed by atoms with Crippen molar-refractivity contribution in [1.29, 1.82) is 0 Å². The van der Waals surface area contributed by atoms with Crippen LogP contribution in [0.5, 0.6) is 0 Å². The summed E-state index contributed by atoms with van der Waals surface area (Å²) in [6, 6.07) is 11.9. The first-order chi connectivity index (χ1) is 8.28. The van der Waals surface area contributed by atoms with E-state index in [4.69, 9.17) is 0 Å². The highest BCUT2D eigenvalue weighted by Gasteiger charge is 2.00. The van der Waals surface area contributed by atoms with Crippen LogP contribution in [0.15, 0.2) is 42.5 Å². The highest BCUT2D eigenvalue weighted by atomic mass is 15.1. The first kappa shape index (κ1) is 11.3. The molecule has 2 rings (SSSR count). The Bertz CT molecular complexity index is 518. The summed E-state index contributed by atoms with van der Waals surface area (Å²) in [4.78, 5) is 8.76. The predicted octanol–water partition coefficient (Wildman–Crippen LogP) is 3.56. The van der Waals surface area contributed by atoms with E-state index in [2.05, 4.69) is 15.3 Å². The van der Waals surface area contributed by atoms with E-state index in [-0.39, 0.29) is 0 Å². The molecule has 0 aliphatic rings. The molecule has 0 amide bonds. The second-order valence-electron chi connectivity index (χ2n) is 3.75. The molecule has 1 heterocycles. The van der Waals surface area contributed by atoms with E-state index >= 15 is 0 Å². The third-order valence-electron chi connectivity index (χ3n) is 2.24. The van der Waals surface area contributed by atoms with Crippen molar-refractivity contribution in [3.05, 3.63) is 53.9 Å². The summed E-state index contributed by atoms with van der Waals surface area (Å²) in [5.74, 6) is 0.629. The Labute approximate surface area is 101 Å². The Morgan fingerprint density at radius 1 is 1.12 bits per heavy atom. The van der Waals surface area contributed by atoms with Gasteiger partial charge < -0.3 is 5.32 Å². The summed E-state index contributed by atoms with van der Waals surface area (Å²) in [6.45, 7) is 3.94. The lowest BCUT2D eigenvalue weighted by Crippen LogP contribution is -1.99. The minimum atomic E-state index is 0.629. The van der Waals surface area contributed by atoms with Crippen LogP contribution in [0.4, 0.5) is 11.6 Å². The van der Waals surface area contributed by atoms with E-state index in [1.54, 1.807) is 0 Å². The lowest BCUT2D eigenvalue weighted by Gasteiger charge is -2.06. The molecule has 0 spiro atoms. The molecule has 0 bridgehead atoms. The van der Waals surface area contributed by atoms with Gasteiger partial charge in [0.2, 0.25) is 5.95 Å². The van der Waals surface area contributed by atoms with Gasteiger partial charge in [0.15, 0.2) is 0 Å². The Hall–Kier alpha value is -2.16. The SMILES string of the molecule is C/C=C/c1cc(C)nc(Nc2ccccc2)n1. The Kier molecular flexibility index (Phi) is 3.50. The number of benzene rings is 1. The third-order valence-corrected chi connectivity index (χ3v) is 2.24. The molecule has 0 aliphatic heterocycles. The fourth-order valence-electron chi connectivity index (χ4n) is 1.56. The molecule has 0 aliphatic carbocycles. The number of aromatic nitrogens is 2. The standard InChI is InChI=1S/C14H15N3/c1-3-7-13-10-11(2)15-14(17-13)16-12-8-5-4-6-9-12/h3-10H,1-2H3,(H,15,16,17)/b7-3+. The van der Waals surface area contributed by atoms with Crippen LogP contribution < -0.4 is 5.32 Å². The van der Waals surface area contributed by atoms with Gasteiger partial charge in [-0.1, -0.05) is 24.3 Å². The van der Waals surface area contributed by atoms with Crippen molar-refractivity contribution < 1.29 is 0 Å². The lowest BCUT2D eigenvalue weighted by atomic mass is 10.3. The zero-order chi connectivity index (χ0) is 12.1. The normalized spacial score (nSPS) is 10.7. The van der Waals surface area contributed by atoms with Gasteiger partial charge in [0.1, 0.15) is 0 Å². The largest absolute Gasteiger partial charge is 0.324 e. The minimum Gasteiger partial charge on any atom is -0.324 e. The number of allylic oxidation sites excluding steroid dienone is 1. The summed E-state index contributed by atoms with van der Waals surface area (Å²) in [5.41, 5.74) is 2.86. The monoisotopic (exact) mass is 225 g/mol. The molecule has 0 radical (unpaired) electrons. The molecule has 17 heavy (non-hydrogen) atoms. The average Bonchev–Trinajstić information content (AvgIpc) is 2.30. The molecule has 3 nitrogen and oxygen atoms in total. The summed E-state index contributed by atoms with van der Waals surface area (Å²) >= 11 is 0. The maximum atomic E-state index is 4.41. The average molecular weight is 225 g/mol. The minimum absolute atomic E-state index is 0.629. The van der Waals surface area contributed by atoms with Crippen molar-refractivity contribution in [2.75, 3.05) is 5.32 Å². The van der Waals surface area contributed by atoms with Gasteiger partial charge in [0, 0.05) is 11.4 Å². The van der Waals surface area contributed by atoms with Gasteiger partial charge in [-0.15, -0.1) is 0 Å². The Morgan fingerprint density at radius 2 is 1.88 bits per heavy atom. The number of nitrogens with one attached hydrogen (secondary N) is 1. The van der Waals surface area contributed by atoms with Crippen LogP contribution in [0.1, 0.15) is 18.3 Å². The van der Waals surface area contributed by atoms with Gasteiger partial charge >= 0.3 is 0 Å².